The molecule has 0 radical (unpaired) electrons. The van der Waals surface area contributed by atoms with Crippen LogP contribution in [0.15, 0.2) is 12.2 Å². The molecule has 0 aromatic rings. The summed E-state index contributed by atoms with van der Waals surface area (Å²) in [4.78, 5) is 0. The molecule has 0 spiro atoms. The van der Waals surface area contributed by atoms with Gasteiger partial charge in [-0.1, -0.05) is 6.58 Å². The van der Waals surface area contributed by atoms with Crippen LogP contribution < -0.4 is 0 Å². The lowest BCUT2D eigenvalue weighted by atomic mass is 10.0. The van der Waals surface area contributed by atoms with Crippen molar-refractivity contribution < 1.29 is 24.1 Å². The highest BCUT2D eigenvalue weighted by Gasteiger charge is 2.37. The van der Waals surface area contributed by atoms with Crippen molar-refractivity contribution in [3.05, 3.63) is 12.2 Å². The van der Waals surface area contributed by atoms with Crippen LogP contribution in [-0.4, -0.2) is 51.7 Å². The van der Waals surface area contributed by atoms with E-state index in [9.17, 15) is 5.11 Å². The Morgan fingerprint density at radius 1 is 1.31 bits per heavy atom. The molecule has 16 heavy (non-hydrogen) atoms. The average Bonchev–Trinajstić information content (AvgIpc) is 2.54. The Morgan fingerprint density at radius 2 is 2.00 bits per heavy atom. The van der Waals surface area contributed by atoms with Gasteiger partial charge in [-0.15, -0.1) is 0 Å². The standard InChI is InChI=1S/C11H20O5/c1-8-9(5-15-6-13-2)11(4-10(8)12)16-7-14-3/h9-12H,1,4-7H2,2-3H3/t9-,10+,11-/m0/s1. The third-order valence-electron chi connectivity index (χ3n) is 2.71. The number of methoxy groups -OCH3 is 2. The van der Waals surface area contributed by atoms with Crippen LogP contribution >= 0.6 is 0 Å². The van der Waals surface area contributed by atoms with Crippen LogP contribution in [-0.2, 0) is 18.9 Å². The normalized spacial score (nSPS) is 29.9. The topological polar surface area (TPSA) is 57.2 Å². The summed E-state index contributed by atoms with van der Waals surface area (Å²) in [6.45, 7) is 4.75. The molecular formula is C11H20O5. The predicted molar refractivity (Wildman–Crippen MR) is 57.8 cm³/mol. The minimum atomic E-state index is -0.516. The third-order valence-corrected chi connectivity index (χ3v) is 2.71. The molecule has 1 fully saturated rings. The lowest BCUT2D eigenvalue weighted by molar-refractivity contribution is -0.103. The Balaban J connectivity index is 2.43. The highest BCUT2D eigenvalue weighted by molar-refractivity contribution is 5.16. The molecule has 5 heteroatoms. The summed E-state index contributed by atoms with van der Waals surface area (Å²) in [6.07, 6.45) is -0.0688. The van der Waals surface area contributed by atoms with Crippen molar-refractivity contribution in [1.82, 2.24) is 0 Å². The van der Waals surface area contributed by atoms with E-state index < -0.39 is 6.10 Å². The first-order chi connectivity index (χ1) is 7.70. The molecule has 0 amide bonds. The highest BCUT2D eigenvalue weighted by atomic mass is 16.7. The molecule has 0 bridgehead atoms. The Hall–Kier alpha value is -0.460. The van der Waals surface area contributed by atoms with Gasteiger partial charge in [-0.25, -0.2) is 0 Å². The molecule has 1 saturated carbocycles. The molecule has 0 unspecified atom stereocenters. The first-order valence-electron chi connectivity index (χ1n) is 5.24. The molecule has 0 aliphatic heterocycles. The Morgan fingerprint density at radius 3 is 2.62 bits per heavy atom. The second kappa shape index (κ2) is 6.98. The summed E-state index contributed by atoms with van der Waals surface area (Å²) in [6, 6.07) is 0. The molecule has 94 valence electrons. The molecule has 1 N–H and O–H groups in total. The number of rotatable bonds is 7. The Labute approximate surface area is 95.9 Å². The van der Waals surface area contributed by atoms with Gasteiger partial charge in [0.05, 0.1) is 18.8 Å². The van der Waals surface area contributed by atoms with Gasteiger partial charge in [0.25, 0.3) is 0 Å². The Kier molecular flexibility index (Phi) is 5.94. The molecule has 1 rings (SSSR count). The van der Waals surface area contributed by atoms with Crippen LogP contribution in [0.3, 0.4) is 0 Å². The smallest absolute Gasteiger partial charge is 0.146 e. The molecule has 0 heterocycles. The lowest BCUT2D eigenvalue weighted by Gasteiger charge is -2.19. The van der Waals surface area contributed by atoms with Crippen molar-refractivity contribution in [2.45, 2.75) is 18.6 Å². The Bertz CT molecular complexity index is 218. The fourth-order valence-corrected chi connectivity index (χ4v) is 1.83. The van der Waals surface area contributed by atoms with Gasteiger partial charge in [0.1, 0.15) is 13.6 Å². The van der Waals surface area contributed by atoms with E-state index in [1.165, 1.54) is 0 Å². The maximum Gasteiger partial charge on any atom is 0.146 e. The van der Waals surface area contributed by atoms with E-state index in [-0.39, 0.29) is 25.6 Å². The molecule has 1 aliphatic carbocycles. The van der Waals surface area contributed by atoms with E-state index in [2.05, 4.69) is 6.58 Å². The molecule has 0 saturated heterocycles. The van der Waals surface area contributed by atoms with Crippen molar-refractivity contribution in [2.75, 3.05) is 34.4 Å². The molecular weight excluding hydrogens is 212 g/mol. The van der Waals surface area contributed by atoms with Crippen LogP contribution in [0.25, 0.3) is 0 Å². The summed E-state index contributed by atoms with van der Waals surface area (Å²) in [5.74, 6) is 0.000278. The summed E-state index contributed by atoms with van der Waals surface area (Å²) in [5.41, 5.74) is 0.761. The molecule has 0 aromatic carbocycles. The summed E-state index contributed by atoms with van der Waals surface area (Å²) >= 11 is 0. The van der Waals surface area contributed by atoms with Crippen LogP contribution in [0, 0.1) is 5.92 Å². The van der Waals surface area contributed by atoms with Gasteiger partial charge in [-0.05, 0) is 5.57 Å². The van der Waals surface area contributed by atoms with Gasteiger partial charge < -0.3 is 24.1 Å². The number of hydrogen-bond donors (Lipinski definition) is 1. The van der Waals surface area contributed by atoms with Crippen molar-refractivity contribution in [1.29, 1.82) is 0 Å². The van der Waals surface area contributed by atoms with Gasteiger partial charge in [0.2, 0.25) is 0 Å². The predicted octanol–water partition coefficient (Wildman–Crippen LogP) is 0.533. The maximum atomic E-state index is 9.69. The van der Waals surface area contributed by atoms with E-state index in [4.69, 9.17) is 18.9 Å². The van der Waals surface area contributed by atoms with Gasteiger partial charge in [-0.3, -0.25) is 0 Å². The number of ether oxygens (including phenoxy) is 4. The van der Waals surface area contributed by atoms with Crippen LogP contribution in [0.2, 0.25) is 0 Å². The second-order valence-corrected chi connectivity index (χ2v) is 3.82. The molecule has 1 aliphatic rings. The van der Waals surface area contributed by atoms with Crippen molar-refractivity contribution in [3.63, 3.8) is 0 Å². The van der Waals surface area contributed by atoms with Crippen LogP contribution in [0.5, 0.6) is 0 Å². The molecule has 3 atom stereocenters. The van der Waals surface area contributed by atoms with Crippen molar-refractivity contribution >= 4 is 0 Å². The van der Waals surface area contributed by atoms with E-state index in [0.717, 1.165) is 5.57 Å². The SMILES string of the molecule is C=C1[C@H](O)C[C@H](OCOC)[C@H]1COCOC. The number of aliphatic hydroxyl groups is 1. The highest BCUT2D eigenvalue weighted by Crippen LogP contribution is 2.33. The summed E-state index contributed by atoms with van der Waals surface area (Å²) in [7, 11) is 3.13. The quantitative estimate of drug-likeness (QED) is 0.394. The first-order valence-corrected chi connectivity index (χ1v) is 5.24. The molecule has 5 nitrogen and oxygen atoms in total. The van der Waals surface area contributed by atoms with Crippen molar-refractivity contribution in [2.24, 2.45) is 5.92 Å². The maximum absolute atomic E-state index is 9.69. The number of hydrogen-bond acceptors (Lipinski definition) is 5. The van der Waals surface area contributed by atoms with Crippen LogP contribution in [0.1, 0.15) is 6.42 Å². The largest absolute Gasteiger partial charge is 0.389 e. The zero-order valence-electron chi connectivity index (χ0n) is 9.85. The fraction of sp³-hybridized carbons (Fsp3) is 0.818. The molecule has 0 aromatic heterocycles. The van der Waals surface area contributed by atoms with E-state index >= 15 is 0 Å². The van der Waals surface area contributed by atoms with Gasteiger partial charge >= 0.3 is 0 Å². The van der Waals surface area contributed by atoms with Crippen molar-refractivity contribution in [3.8, 4) is 0 Å². The minimum absolute atomic E-state index is 0.000278. The fourth-order valence-electron chi connectivity index (χ4n) is 1.83. The summed E-state index contributed by atoms with van der Waals surface area (Å²) in [5, 5.41) is 9.69. The number of aliphatic hydroxyl groups excluding tert-OH is 1. The zero-order valence-corrected chi connectivity index (χ0v) is 9.85. The van der Waals surface area contributed by atoms with Gasteiger partial charge in [0.15, 0.2) is 0 Å². The van der Waals surface area contributed by atoms with Gasteiger partial charge in [-0.2, -0.15) is 0 Å². The average molecular weight is 232 g/mol. The lowest BCUT2D eigenvalue weighted by Crippen LogP contribution is -2.24. The summed E-state index contributed by atoms with van der Waals surface area (Å²) < 4.78 is 20.4. The monoisotopic (exact) mass is 232 g/mol. The minimum Gasteiger partial charge on any atom is -0.389 e. The van der Waals surface area contributed by atoms with E-state index in [1.54, 1.807) is 14.2 Å². The second-order valence-electron chi connectivity index (χ2n) is 3.82. The van der Waals surface area contributed by atoms with E-state index in [1.807, 2.05) is 0 Å². The van der Waals surface area contributed by atoms with E-state index in [0.29, 0.717) is 13.0 Å². The van der Waals surface area contributed by atoms with Gasteiger partial charge in [0, 0.05) is 26.6 Å². The third kappa shape index (κ3) is 3.54. The van der Waals surface area contributed by atoms with Crippen LogP contribution in [0.4, 0.5) is 0 Å². The zero-order chi connectivity index (χ0) is 12.0. The first kappa shape index (κ1) is 13.6.